The van der Waals surface area contributed by atoms with Gasteiger partial charge in [-0.1, -0.05) is 6.07 Å². The van der Waals surface area contributed by atoms with E-state index in [9.17, 15) is 14.4 Å². The van der Waals surface area contributed by atoms with E-state index in [4.69, 9.17) is 4.74 Å². The molecule has 9 nitrogen and oxygen atoms in total. The van der Waals surface area contributed by atoms with E-state index in [1.165, 1.54) is 13.0 Å². The fraction of sp³-hybridized carbons (Fsp3) is 0.344. The van der Waals surface area contributed by atoms with Gasteiger partial charge in [-0.15, -0.1) is 0 Å². The number of ether oxygens (including phenoxy) is 1. The van der Waals surface area contributed by atoms with Crippen molar-refractivity contribution < 1.29 is 23.5 Å². The Morgan fingerprint density at radius 1 is 1.00 bits per heavy atom. The van der Waals surface area contributed by atoms with Crippen LogP contribution in [0, 0.1) is 23.1 Å². The first-order valence-electron chi connectivity index (χ1n) is 14.2. The number of hydrogen-bond donors (Lipinski definition) is 3. The number of aromatic nitrogens is 3. The molecule has 2 amide bonds. The minimum absolute atomic E-state index is 0.138. The molecule has 10 heteroatoms. The Labute approximate surface area is 241 Å². The van der Waals surface area contributed by atoms with Crippen LogP contribution >= 0.6 is 0 Å². The third-order valence-corrected chi connectivity index (χ3v) is 8.98. The number of anilines is 2. The number of nitrogens with zero attached hydrogens (tertiary/aromatic N) is 2. The van der Waals surface area contributed by atoms with Crippen LogP contribution in [0.25, 0.3) is 22.4 Å². The number of aromatic amines is 1. The van der Waals surface area contributed by atoms with E-state index in [2.05, 4.69) is 25.6 Å². The molecule has 2 aromatic carbocycles. The Bertz CT molecular complexity index is 1720. The Morgan fingerprint density at radius 2 is 1.81 bits per heavy atom. The predicted octanol–water partition coefficient (Wildman–Crippen LogP) is 5.86. The number of rotatable bonds is 6. The number of carbonyl (C=O) groups excluding carboxylic acids is 3. The summed E-state index contributed by atoms with van der Waals surface area (Å²) in [4.78, 5) is 49.9. The molecule has 4 saturated carbocycles. The molecule has 2 unspecified atom stereocenters. The van der Waals surface area contributed by atoms with Crippen molar-refractivity contribution in [3.63, 3.8) is 0 Å². The quantitative estimate of drug-likeness (QED) is 0.251. The van der Waals surface area contributed by atoms with E-state index in [1.807, 2.05) is 0 Å². The van der Waals surface area contributed by atoms with E-state index in [0.29, 0.717) is 52.2 Å². The topological polar surface area (TPSA) is 126 Å². The molecule has 4 bridgehead atoms. The van der Waals surface area contributed by atoms with Crippen LogP contribution < -0.4 is 10.6 Å². The van der Waals surface area contributed by atoms with Gasteiger partial charge in [0.05, 0.1) is 22.0 Å². The van der Waals surface area contributed by atoms with Gasteiger partial charge in [-0.25, -0.2) is 14.4 Å². The Balaban J connectivity index is 1.09. The zero-order valence-electron chi connectivity index (χ0n) is 23.1. The summed E-state index contributed by atoms with van der Waals surface area (Å²) in [7, 11) is 0. The van der Waals surface area contributed by atoms with Gasteiger partial charge in [-0.2, -0.15) is 0 Å². The standard InChI is InChI=1S/C32H30FN5O4/c1-18(39)42-32-15-19-10-20(16-32)14-31(13-19,17-32)30(41)35-22-6-7-23(24(33)12-22)28-36-25-8-5-21(11-26(25)37-28)29(40)38-27-4-2-3-9-34-27/h2-9,11-12,19-20H,10,13-17H2,1H3,(H,35,41)(H,36,37)(H,34,38,40). The van der Waals surface area contributed by atoms with Crippen LogP contribution in [0.15, 0.2) is 60.8 Å². The van der Waals surface area contributed by atoms with Crippen LogP contribution in [-0.2, 0) is 14.3 Å². The molecular formula is C32H30FN5O4. The molecule has 4 aliphatic carbocycles. The molecule has 0 radical (unpaired) electrons. The first kappa shape index (κ1) is 26.3. The fourth-order valence-corrected chi connectivity index (χ4v) is 7.82. The summed E-state index contributed by atoms with van der Waals surface area (Å²) < 4.78 is 21.2. The lowest BCUT2D eigenvalue weighted by Gasteiger charge is -2.60. The van der Waals surface area contributed by atoms with Crippen molar-refractivity contribution in [2.75, 3.05) is 10.6 Å². The highest BCUT2D eigenvalue weighted by Crippen LogP contribution is 2.63. The Hall–Kier alpha value is -4.60. The molecule has 0 saturated heterocycles. The van der Waals surface area contributed by atoms with Crippen LogP contribution in [0.2, 0.25) is 0 Å². The van der Waals surface area contributed by atoms with Gasteiger partial charge in [0.1, 0.15) is 23.1 Å². The largest absolute Gasteiger partial charge is 0.459 e. The monoisotopic (exact) mass is 567 g/mol. The molecule has 214 valence electrons. The summed E-state index contributed by atoms with van der Waals surface area (Å²) in [5, 5.41) is 5.70. The van der Waals surface area contributed by atoms with Crippen LogP contribution in [-0.4, -0.2) is 38.3 Å². The number of esters is 1. The van der Waals surface area contributed by atoms with Gasteiger partial charge in [0, 0.05) is 30.8 Å². The average molecular weight is 568 g/mol. The van der Waals surface area contributed by atoms with Crippen molar-refractivity contribution in [1.29, 1.82) is 0 Å². The second kappa shape index (κ2) is 9.75. The number of hydrogen-bond acceptors (Lipinski definition) is 6. The average Bonchev–Trinajstić information content (AvgIpc) is 3.35. The number of benzene rings is 2. The normalized spacial score (nSPS) is 25.8. The maximum Gasteiger partial charge on any atom is 0.303 e. The van der Waals surface area contributed by atoms with Crippen molar-refractivity contribution in [2.45, 2.75) is 51.0 Å². The zero-order chi connectivity index (χ0) is 29.1. The SMILES string of the molecule is CC(=O)OC12CC3CC(C1)CC(C(=O)Nc1ccc(-c4nc5ccc(C(=O)Nc6ccccn6)cc5[nH]4)c(F)c1)(C3)C2. The lowest BCUT2D eigenvalue weighted by Crippen LogP contribution is -2.60. The lowest BCUT2D eigenvalue weighted by molar-refractivity contribution is -0.200. The zero-order valence-corrected chi connectivity index (χ0v) is 23.1. The number of amides is 2. The van der Waals surface area contributed by atoms with Crippen LogP contribution in [0.3, 0.4) is 0 Å². The number of halogens is 1. The molecule has 0 aliphatic heterocycles. The number of carbonyl (C=O) groups is 3. The lowest BCUT2D eigenvalue weighted by atomic mass is 9.47. The molecule has 2 heterocycles. The summed E-state index contributed by atoms with van der Waals surface area (Å²) in [5.74, 6) is 0.148. The molecule has 4 aromatic rings. The summed E-state index contributed by atoms with van der Waals surface area (Å²) in [6.07, 6.45) is 6.33. The number of H-pyrrole nitrogens is 1. The molecule has 2 aromatic heterocycles. The number of imidazole rings is 1. The molecule has 42 heavy (non-hydrogen) atoms. The maximum absolute atomic E-state index is 15.4. The van der Waals surface area contributed by atoms with Gasteiger partial charge in [0.15, 0.2) is 0 Å². The Morgan fingerprint density at radius 3 is 2.52 bits per heavy atom. The first-order valence-corrected chi connectivity index (χ1v) is 14.2. The molecule has 3 N–H and O–H groups in total. The van der Waals surface area contributed by atoms with Crippen molar-refractivity contribution in [2.24, 2.45) is 17.3 Å². The van der Waals surface area contributed by atoms with Gasteiger partial charge in [0.25, 0.3) is 5.91 Å². The molecule has 2 atom stereocenters. The third-order valence-electron chi connectivity index (χ3n) is 8.98. The number of fused-ring (bicyclic) bond motifs is 1. The summed E-state index contributed by atoms with van der Waals surface area (Å²) in [6, 6.07) is 14.8. The van der Waals surface area contributed by atoms with Gasteiger partial charge in [-0.05, 0) is 92.5 Å². The number of pyridine rings is 1. The van der Waals surface area contributed by atoms with E-state index < -0.39 is 16.8 Å². The van der Waals surface area contributed by atoms with E-state index >= 15 is 4.39 Å². The second-order valence-corrected chi connectivity index (χ2v) is 12.2. The summed E-state index contributed by atoms with van der Waals surface area (Å²) >= 11 is 0. The highest BCUT2D eigenvalue weighted by molar-refractivity contribution is 6.05. The highest BCUT2D eigenvalue weighted by Gasteiger charge is 2.62. The molecule has 0 spiro atoms. The van der Waals surface area contributed by atoms with Gasteiger partial charge >= 0.3 is 5.97 Å². The smallest absolute Gasteiger partial charge is 0.303 e. The minimum Gasteiger partial charge on any atom is -0.459 e. The van der Waals surface area contributed by atoms with Crippen LogP contribution in [0.1, 0.15) is 55.8 Å². The van der Waals surface area contributed by atoms with E-state index in [0.717, 1.165) is 32.1 Å². The molecule has 4 fully saturated rings. The fourth-order valence-electron chi connectivity index (χ4n) is 7.82. The molecular weight excluding hydrogens is 537 g/mol. The van der Waals surface area contributed by atoms with Gasteiger partial charge in [0.2, 0.25) is 5.91 Å². The highest BCUT2D eigenvalue weighted by atomic mass is 19.1. The summed E-state index contributed by atoms with van der Waals surface area (Å²) in [6.45, 7) is 1.43. The van der Waals surface area contributed by atoms with Crippen molar-refractivity contribution in [1.82, 2.24) is 15.0 Å². The second-order valence-electron chi connectivity index (χ2n) is 12.2. The van der Waals surface area contributed by atoms with Crippen LogP contribution in [0.4, 0.5) is 15.9 Å². The van der Waals surface area contributed by atoms with Crippen molar-refractivity contribution >= 4 is 40.3 Å². The third kappa shape index (κ3) is 4.70. The Kier molecular flexibility index (Phi) is 6.11. The minimum atomic E-state index is -0.617. The predicted molar refractivity (Wildman–Crippen MR) is 154 cm³/mol. The van der Waals surface area contributed by atoms with Crippen molar-refractivity contribution in [3.05, 3.63) is 72.2 Å². The van der Waals surface area contributed by atoms with Gasteiger partial charge in [-0.3, -0.25) is 14.4 Å². The number of nitrogens with one attached hydrogen (secondary N) is 3. The summed E-state index contributed by atoms with van der Waals surface area (Å²) in [5.41, 5.74) is 0.993. The molecule has 4 aliphatic rings. The van der Waals surface area contributed by atoms with E-state index in [-0.39, 0.29) is 23.3 Å². The van der Waals surface area contributed by atoms with Crippen LogP contribution in [0.5, 0.6) is 0 Å². The maximum atomic E-state index is 15.4. The van der Waals surface area contributed by atoms with Gasteiger partial charge < -0.3 is 20.4 Å². The first-order chi connectivity index (χ1) is 20.2. The van der Waals surface area contributed by atoms with E-state index in [1.54, 1.807) is 54.7 Å². The van der Waals surface area contributed by atoms with Crippen molar-refractivity contribution in [3.8, 4) is 11.4 Å². The molecule has 8 rings (SSSR count).